The molecule has 6 heteroatoms. The minimum atomic E-state index is -1.03. The van der Waals surface area contributed by atoms with Crippen LogP contribution in [0, 0.1) is 0 Å². The first kappa shape index (κ1) is 9.42. The fourth-order valence-electron chi connectivity index (χ4n) is 0.923. The monoisotopic (exact) mass is 273 g/mol. The highest BCUT2D eigenvalue weighted by molar-refractivity contribution is 9.10. The van der Waals surface area contributed by atoms with Crippen molar-refractivity contribution in [2.75, 3.05) is 0 Å². The first-order valence-corrected chi connectivity index (χ1v) is 5.28. The minimum absolute atomic E-state index is 0.0355. The lowest BCUT2D eigenvalue weighted by Crippen LogP contribution is -1.95. The zero-order chi connectivity index (χ0) is 10.1. The Kier molecular flexibility index (Phi) is 2.39. The van der Waals surface area contributed by atoms with E-state index in [4.69, 9.17) is 9.52 Å². The van der Waals surface area contributed by atoms with Crippen LogP contribution in [-0.4, -0.2) is 16.1 Å². The van der Waals surface area contributed by atoms with Crippen LogP contribution in [0.4, 0.5) is 0 Å². The molecular weight excluding hydrogens is 270 g/mol. The molecule has 0 saturated carbocycles. The summed E-state index contributed by atoms with van der Waals surface area (Å²) in [5, 5.41) is 10.7. The number of halogens is 1. The maximum absolute atomic E-state index is 10.6. The normalized spacial score (nSPS) is 10.4. The molecule has 4 nitrogen and oxygen atoms in total. The zero-order valence-electron chi connectivity index (χ0n) is 6.73. The van der Waals surface area contributed by atoms with E-state index in [2.05, 4.69) is 20.9 Å². The second-order valence-electron chi connectivity index (χ2n) is 2.44. The number of hydrogen-bond acceptors (Lipinski definition) is 4. The second kappa shape index (κ2) is 3.55. The Bertz CT molecular complexity index is 476. The third-order valence-electron chi connectivity index (χ3n) is 1.53. The number of hydrogen-bond donors (Lipinski definition) is 1. The highest BCUT2D eigenvalue weighted by atomic mass is 79.9. The van der Waals surface area contributed by atoms with E-state index >= 15 is 0 Å². The van der Waals surface area contributed by atoms with Gasteiger partial charge in [-0.25, -0.2) is 9.78 Å². The smallest absolute Gasteiger partial charge is 0.355 e. The van der Waals surface area contributed by atoms with Crippen molar-refractivity contribution in [3.8, 4) is 10.8 Å². The van der Waals surface area contributed by atoms with Gasteiger partial charge in [0.2, 0.25) is 0 Å². The number of nitrogens with zero attached hydrogens (tertiary/aromatic N) is 1. The van der Waals surface area contributed by atoms with Gasteiger partial charge in [-0.1, -0.05) is 0 Å². The molecule has 0 aliphatic rings. The maximum atomic E-state index is 10.6. The Balaban J connectivity index is 2.43. The molecule has 0 unspecified atom stereocenters. The van der Waals surface area contributed by atoms with Crippen molar-refractivity contribution in [2.24, 2.45) is 0 Å². The molecule has 0 spiro atoms. The summed E-state index contributed by atoms with van der Waals surface area (Å²) in [7, 11) is 0. The molecule has 0 aliphatic heterocycles. The molecule has 2 heterocycles. The van der Waals surface area contributed by atoms with Crippen LogP contribution in [-0.2, 0) is 0 Å². The van der Waals surface area contributed by atoms with E-state index in [0.717, 1.165) is 4.47 Å². The Labute approximate surface area is 91.3 Å². The van der Waals surface area contributed by atoms with Crippen LogP contribution in [0.5, 0.6) is 0 Å². The van der Waals surface area contributed by atoms with E-state index in [1.807, 2.05) is 0 Å². The van der Waals surface area contributed by atoms with Gasteiger partial charge in [-0.15, -0.1) is 11.3 Å². The SMILES string of the molecule is O=C(O)c1csc(-c2occc2Br)n1. The van der Waals surface area contributed by atoms with Crippen molar-refractivity contribution >= 4 is 33.2 Å². The second-order valence-corrected chi connectivity index (χ2v) is 4.15. The van der Waals surface area contributed by atoms with Crippen LogP contribution in [0.25, 0.3) is 10.8 Å². The predicted molar refractivity (Wildman–Crippen MR) is 54.5 cm³/mol. The van der Waals surface area contributed by atoms with Gasteiger partial charge in [0.15, 0.2) is 16.5 Å². The number of carboxylic acid groups (broad SMARTS) is 1. The van der Waals surface area contributed by atoms with Gasteiger partial charge in [-0.3, -0.25) is 0 Å². The molecule has 2 rings (SSSR count). The van der Waals surface area contributed by atoms with Gasteiger partial charge >= 0.3 is 5.97 Å². The minimum Gasteiger partial charge on any atom is -0.476 e. The van der Waals surface area contributed by atoms with Gasteiger partial charge in [0.25, 0.3) is 0 Å². The topological polar surface area (TPSA) is 63.3 Å². The predicted octanol–water partition coefficient (Wildman–Crippen LogP) is 2.86. The fraction of sp³-hybridized carbons (Fsp3) is 0. The van der Waals surface area contributed by atoms with Crippen LogP contribution in [0.3, 0.4) is 0 Å². The number of thiazole rings is 1. The van der Waals surface area contributed by atoms with Crippen molar-refractivity contribution in [1.82, 2.24) is 4.98 Å². The molecule has 0 amide bonds. The molecule has 2 aromatic rings. The van der Waals surface area contributed by atoms with Crippen LogP contribution in [0.15, 0.2) is 26.6 Å². The van der Waals surface area contributed by atoms with Gasteiger partial charge in [-0.2, -0.15) is 0 Å². The molecule has 0 atom stereocenters. The van der Waals surface area contributed by atoms with Crippen molar-refractivity contribution in [2.45, 2.75) is 0 Å². The number of rotatable bonds is 2. The lowest BCUT2D eigenvalue weighted by molar-refractivity contribution is 0.0691. The first-order chi connectivity index (χ1) is 6.68. The van der Waals surface area contributed by atoms with E-state index in [1.165, 1.54) is 23.0 Å². The first-order valence-electron chi connectivity index (χ1n) is 3.60. The summed E-state index contributed by atoms with van der Waals surface area (Å²) in [6.07, 6.45) is 1.52. The fourth-order valence-corrected chi connectivity index (χ4v) is 2.24. The van der Waals surface area contributed by atoms with Crippen molar-refractivity contribution in [3.05, 3.63) is 27.9 Å². The van der Waals surface area contributed by atoms with Gasteiger partial charge in [0.1, 0.15) is 0 Å². The zero-order valence-corrected chi connectivity index (χ0v) is 9.13. The number of carbonyl (C=O) groups is 1. The summed E-state index contributed by atoms with van der Waals surface area (Å²) in [5.74, 6) is -0.474. The van der Waals surface area contributed by atoms with Gasteiger partial charge in [-0.05, 0) is 22.0 Å². The summed E-state index contributed by atoms with van der Waals surface area (Å²) in [5.41, 5.74) is 0.0355. The maximum Gasteiger partial charge on any atom is 0.355 e. The average Bonchev–Trinajstić information content (AvgIpc) is 2.71. The number of furan rings is 1. The molecular formula is C8H4BrNO3S. The van der Waals surface area contributed by atoms with E-state index in [1.54, 1.807) is 6.07 Å². The Morgan fingerprint density at radius 1 is 1.64 bits per heavy atom. The van der Waals surface area contributed by atoms with E-state index in [-0.39, 0.29) is 5.69 Å². The summed E-state index contributed by atoms with van der Waals surface area (Å²) in [6, 6.07) is 1.73. The van der Waals surface area contributed by atoms with Gasteiger partial charge < -0.3 is 9.52 Å². The summed E-state index contributed by atoms with van der Waals surface area (Å²) < 4.78 is 5.92. The molecule has 0 aliphatic carbocycles. The van der Waals surface area contributed by atoms with E-state index in [0.29, 0.717) is 10.8 Å². The lowest BCUT2D eigenvalue weighted by atomic mass is 10.4. The molecule has 0 fully saturated rings. The third kappa shape index (κ3) is 1.58. The molecule has 0 saturated heterocycles. The Morgan fingerprint density at radius 2 is 2.43 bits per heavy atom. The van der Waals surface area contributed by atoms with Crippen LogP contribution < -0.4 is 0 Å². The average molecular weight is 274 g/mol. The van der Waals surface area contributed by atoms with Crippen LogP contribution >= 0.6 is 27.3 Å². The number of aromatic nitrogens is 1. The molecule has 0 bridgehead atoms. The van der Waals surface area contributed by atoms with Crippen molar-refractivity contribution in [1.29, 1.82) is 0 Å². The highest BCUT2D eigenvalue weighted by Crippen LogP contribution is 2.31. The molecule has 1 N–H and O–H groups in total. The quantitative estimate of drug-likeness (QED) is 0.914. The van der Waals surface area contributed by atoms with Crippen molar-refractivity contribution < 1.29 is 14.3 Å². The summed E-state index contributed by atoms with van der Waals surface area (Å²) in [6.45, 7) is 0. The largest absolute Gasteiger partial charge is 0.476 e. The number of aromatic carboxylic acids is 1. The van der Waals surface area contributed by atoms with Crippen molar-refractivity contribution in [3.63, 3.8) is 0 Å². The number of carboxylic acids is 1. The Hall–Kier alpha value is -1.14. The lowest BCUT2D eigenvalue weighted by Gasteiger charge is -1.89. The van der Waals surface area contributed by atoms with E-state index < -0.39 is 5.97 Å². The Morgan fingerprint density at radius 3 is 2.93 bits per heavy atom. The molecule has 2 aromatic heterocycles. The van der Waals surface area contributed by atoms with Gasteiger partial charge in [0.05, 0.1) is 10.7 Å². The molecule has 14 heavy (non-hydrogen) atoms. The van der Waals surface area contributed by atoms with Crippen LogP contribution in [0.1, 0.15) is 10.5 Å². The standard InChI is InChI=1S/C8H4BrNO3S/c9-4-1-2-13-6(4)7-10-5(3-14-7)8(11)12/h1-3H,(H,11,12). The highest BCUT2D eigenvalue weighted by Gasteiger charge is 2.14. The molecule has 0 radical (unpaired) electrons. The third-order valence-corrected chi connectivity index (χ3v) is 3.00. The van der Waals surface area contributed by atoms with E-state index in [9.17, 15) is 4.79 Å². The van der Waals surface area contributed by atoms with Crippen LogP contribution in [0.2, 0.25) is 0 Å². The summed E-state index contributed by atoms with van der Waals surface area (Å²) in [4.78, 5) is 14.5. The van der Waals surface area contributed by atoms with Gasteiger partial charge in [0, 0.05) is 5.38 Å². The summed E-state index contributed by atoms with van der Waals surface area (Å²) >= 11 is 4.51. The molecule has 0 aromatic carbocycles. The molecule has 72 valence electrons.